The molecule has 3 heterocycles. The number of carbonyl (C=O) groups is 2. The number of hydrogen-bond donors (Lipinski definition) is 1. The standard InChI is InChI=1S/C13H18N4O2S/c18-12(7-17-9-20-8-13(17)19)15-5-10-1-2-11-14-3-4-16(11)6-10/h3-4,10H,1-2,5-9H2,(H,15,18). The Morgan fingerprint density at radius 1 is 1.55 bits per heavy atom. The lowest BCUT2D eigenvalue weighted by atomic mass is 9.99. The molecule has 108 valence electrons. The fourth-order valence-corrected chi connectivity index (χ4v) is 3.54. The summed E-state index contributed by atoms with van der Waals surface area (Å²) >= 11 is 1.56. The Bertz CT molecular complexity index is 516. The highest BCUT2D eigenvalue weighted by Gasteiger charge is 2.24. The molecule has 7 heteroatoms. The smallest absolute Gasteiger partial charge is 0.239 e. The third-order valence-corrected chi connectivity index (χ3v) is 4.73. The summed E-state index contributed by atoms with van der Waals surface area (Å²) in [4.78, 5) is 29.2. The van der Waals surface area contributed by atoms with Crippen molar-refractivity contribution < 1.29 is 9.59 Å². The van der Waals surface area contributed by atoms with Crippen LogP contribution in [0.4, 0.5) is 0 Å². The Kier molecular flexibility index (Phi) is 3.95. The molecule has 1 fully saturated rings. The highest BCUT2D eigenvalue weighted by Crippen LogP contribution is 2.18. The van der Waals surface area contributed by atoms with E-state index in [1.807, 2.05) is 12.4 Å². The summed E-state index contributed by atoms with van der Waals surface area (Å²) in [7, 11) is 0. The normalized spacial score (nSPS) is 21.9. The van der Waals surface area contributed by atoms with Crippen LogP contribution in [0.3, 0.4) is 0 Å². The number of nitrogens with zero attached hydrogens (tertiary/aromatic N) is 3. The van der Waals surface area contributed by atoms with Gasteiger partial charge in [-0.3, -0.25) is 9.59 Å². The van der Waals surface area contributed by atoms with Gasteiger partial charge >= 0.3 is 0 Å². The fourth-order valence-electron chi connectivity index (χ4n) is 2.63. The van der Waals surface area contributed by atoms with Gasteiger partial charge in [0, 0.05) is 31.9 Å². The van der Waals surface area contributed by atoms with Gasteiger partial charge in [-0.25, -0.2) is 4.98 Å². The van der Waals surface area contributed by atoms with Crippen LogP contribution in [-0.4, -0.2) is 51.0 Å². The molecule has 2 aliphatic heterocycles. The molecule has 1 unspecified atom stereocenters. The molecule has 3 rings (SSSR count). The van der Waals surface area contributed by atoms with Crippen LogP contribution in [0.2, 0.25) is 0 Å². The van der Waals surface area contributed by atoms with E-state index in [0.717, 1.165) is 25.2 Å². The van der Waals surface area contributed by atoms with Crippen molar-refractivity contribution in [2.75, 3.05) is 24.7 Å². The first kappa shape index (κ1) is 13.5. The zero-order valence-corrected chi connectivity index (χ0v) is 12.1. The van der Waals surface area contributed by atoms with Crippen molar-refractivity contribution in [2.45, 2.75) is 19.4 Å². The molecule has 0 aliphatic carbocycles. The fraction of sp³-hybridized carbons (Fsp3) is 0.615. The van der Waals surface area contributed by atoms with Gasteiger partial charge in [-0.05, 0) is 12.3 Å². The van der Waals surface area contributed by atoms with E-state index < -0.39 is 0 Å². The van der Waals surface area contributed by atoms with Crippen LogP contribution in [0.25, 0.3) is 0 Å². The molecular formula is C13H18N4O2S. The second-order valence-electron chi connectivity index (χ2n) is 5.27. The summed E-state index contributed by atoms with van der Waals surface area (Å²) in [5, 5.41) is 2.95. The first-order valence-electron chi connectivity index (χ1n) is 6.84. The molecule has 6 nitrogen and oxygen atoms in total. The third kappa shape index (κ3) is 2.98. The largest absolute Gasteiger partial charge is 0.354 e. The number of aromatic nitrogens is 2. The number of nitrogens with one attached hydrogen (secondary N) is 1. The lowest BCUT2D eigenvalue weighted by Crippen LogP contribution is -2.41. The molecule has 1 aromatic rings. The van der Waals surface area contributed by atoms with Gasteiger partial charge in [0.15, 0.2) is 0 Å². The maximum atomic E-state index is 11.8. The number of imidazole rings is 1. The van der Waals surface area contributed by atoms with Gasteiger partial charge < -0.3 is 14.8 Å². The molecule has 2 aliphatic rings. The van der Waals surface area contributed by atoms with Crippen LogP contribution in [0.15, 0.2) is 12.4 Å². The van der Waals surface area contributed by atoms with Crippen LogP contribution in [0, 0.1) is 5.92 Å². The predicted molar refractivity (Wildman–Crippen MR) is 76.1 cm³/mol. The molecule has 0 aromatic carbocycles. The zero-order chi connectivity index (χ0) is 13.9. The molecule has 0 spiro atoms. The molecule has 1 saturated heterocycles. The Hall–Kier alpha value is -1.50. The maximum Gasteiger partial charge on any atom is 0.239 e. The van der Waals surface area contributed by atoms with Gasteiger partial charge in [0.2, 0.25) is 11.8 Å². The topological polar surface area (TPSA) is 67.2 Å². The highest BCUT2D eigenvalue weighted by molar-refractivity contribution is 8.00. The van der Waals surface area contributed by atoms with E-state index in [-0.39, 0.29) is 18.4 Å². The van der Waals surface area contributed by atoms with Gasteiger partial charge in [-0.15, -0.1) is 11.8 Å². The summed E-state index contributed by atoms with van der Waals surface area (Å²) in [6.45, 7) is 1.77. The van der Waals surface area contributed by atoms with Gasteiger partial charge in [0.1, 0.15) is 12.4 Å². The SMILES string of the molecule is O=C(CN1CSCC1=O)NCC1CCc2nccn2C1. The van der Waals surface area contributed by atoms with Crippen molar-refractivity contribution in [2.24, 2.45) is 5.92 Å². The summed E-state index contributed by atoms with van der Waals surface area (Å²) in [6.07, 6.45) is 5.83. The lowest BCUT2D eigenvalue weighted by molar-refractivity contribution is -0.132. The molecule has 1 atom stereocenters. The summed E-state index contributed by atoms with van der Waals surface area (Å²) in [5.74, 6) is 2.72. The molecule has 20 heavy (non-hydrogen) atoms. The van der Waals surface area contributed by atoms with E-state index in [1.54, 1.807) is 16.7 Å². The van der Waals surface area contributed by atoms with Crippen LogP contribution in [0.5, 0.6) is 0 Å². The molecule has 1 N–H and O–H groups in total. The Morgan fingerprint density at radius 3 is 3.25 bits per heavy atom. The van der Waals surface area contributed by atoms with E-state index in [2.05, 4.69) is 14.9 Å². The predicted octanol–water partition coefficient (Wildman–Crippen LogP) is 0.0946. The summed E-state index contributed by atoms with van der Waals surface area (Å²) in [6, 6.07) is 0. The van der Waals surface area contributed by atoms with Crippen molar-refractivity contribution in [3.63, 3.8) is 0 Å². The number of hydrogen-bond acceptors (Lipinski definition) is 4. The van der Waals surface area contributed by atoms with Crippen molar-refractivity contribution in [3.05, 3.63) is 18.2 Å². The van der Waals surface area contributed by atoms with E-state index >= 15 is 0 Å². The number of thioether (sulfide) groups is 1. The number of carbonyl (C=O) groups excluding carboxylic acids is 2. The first-order chi connectivity index (χ1) is 9.72. The molecule has 0 bridgehead atoms. The summed E-state index contributed by atoms with van der Waals surface area (Å²) < 4.78 is 2.15. The number of amides is 2. The van der Waals surface area contributed by atoms with Crippen LogP contribution in [0.1, 0.15) is 12.2 Å². The maximum absolute atomic E-state index is 11.8. The molecular weight excluding hydrogens is 276 g/mol. The number of fused-ring (bicyclic) bond motifs is 1. The van der Waals surface area contributed by atoms with E-state index in [1.165, 1.54) is 0 Å². The first-order valence-corrected chi connectivity index (χ1v) is 8.00. The van der Waals surface area contributed by atoms with Gasteiger partial charge in [-0.1, -0.05) is 0 Å². The Morgan fingerprint density at radius 2 is 2.45 bits per heavy atom. The zero-order valence-electron chi connectivity index (χ0n) is 11.2. The number of aryl methyl sites for hydroxylation is 1. The minimum Gasteiger partial charge on any atom is -0.354 e. The van der Waals surface area contributed by atoms with Crippen molar-refractivity contribution in [3.8, 4) is 0 Å². The lowest BCUT2D eigenvalue weighted by Gasteiger charge is -2.24. The van der Waals surface area contributed by atoms with Crippen LogP contribution >= 0.6 is 11.8 Å². The molecule has 2 amide bonds. The van der Waals surface area contributed by atoms with Crippen LogP contribution in [-0.2, 0) is 22.6 Å². The molecule has 0 radical (unpaired) electrons. The second kappa shape index (κ2) is 5.87. The second-order valence-corrected chi connectivity index (χ2v) is 6.23. The van der Waals surface area contributed by atoms with E-state index in [9.17, 15) is 9.59 Å². The monoisotopic (exact) mass is 294 g/mol. The van der Waals surface area contributed by atoms with Crippen LogP contribution < -0.4 is 5.32 Å². The summed E-state index contributed by atoms with van der Waals surface area (Å²) in [5.41, 5.74) is 0. The average molecular weight is 294 g/mol. The van der Waals surface area contributed by atoms with E-state index in [0.29, 0.717) is 24.1 Å². The Balaban J connectivity index is 1.43. The van der Waals surface area contributed by atoms with Gasteiger partial charge in [0.25, 0.3) is 0 Å². The number of rotatable bonds is 4. The minimum atomic E-state index is -0.0581. The van der Waals surface area contributed by atoms with Crippen molar-refractivity contribution in [1.29, 1.82) is 0 Å². The van der Waals surface area contributed by atoms with Crippen molar-refractivity contribution >= 4 is 23.6 Å². The quantitative estimate of drug-likeness (QED) is 0.855. The molecule has 0 saturated carbocycles. The van der Waals surface area contributed by atoms with Gasteiger partial charge in [0.05, 0.1) is 11.6 Å². The highest BCUT2D eigenvalue weighted by atomic mass is 32.2. The van der Waals surface area contributed by atoms with Crippen molar-refractivity contribution in [1.82, 2.24) is 19.8 Å². The minimum absolute atomic E-state index is 0.0581. The third-order valence-electron chi connectivity index (χ3n) is 3.78. The van der Waals surface area contributed by atoms with E-state index in [4.69, 9.17) is 0 Å². The molecule has 1 aromatic heterocycles. The van der Waals surface area contributed by atoms with Gasteiger partial charge in [-0.2, -0.15) is 0 Å². The average Bonchev–Trinajstić information content (AvgIpc) is 3.05. The Labute approximate surface area is 121 Å².